The number of hydrogen-bond acceptors (Lipinski definition) is 5. The van der Waals surface area contributed by atoms with Crippen molar-refractivity contribution in [1.82, 2.24) is 15.5 Å². The fourth-order valence-electron chi connectivity index (χ4n) is 2.81. The number of benzene rings is 1. The summed E-state index contributed by atoms with van der Waals surface area (Å²) < 4.78 is 5.24. The van der Waals surface area contributed by atoms with E-state index in [9.17, 15) is 19.2 Å². The molecule has 0 aliphatic carbocycles. The van der Waals surface area contributed by atoms with E-state index in [0.717, 1.165) is 0 Å². The van der Waals surface area contributed by atoms with Crippen LogP contribution in [0, 0.1) is 0 Å². The Morgan fingerprint density at radius 1 is 1.10 bits per heavy atom. The quantitative estimate of drug-likeness (QED) is 0.500. The third-order valence-corrected chi connectivity index (χ3v) is 4.37. The predicted octanol–water partition coefficient (Wildman–Crippen LogP) is 1.52. The highest BCUT2D eigenvalue weighted by Crippen LogP contribution is 2.14. The Kier molecular flexibility index (Phi) is 7.44. The number of nitrogens with one attached hydrogen (secondary N) is 3. The van der Waals surface area contributed by atoms with Crippen LogP contribution in [0.25, 0.3) is 0 Å². The summed E-state index contributed by atoms with van der Waals surface area (Å²) in [5.74, 6) is -1.69. The molecule has 0 unspecified atom stereocenters. The van der Waals surface area contributed by atoms with E-state index in [-0.39, 0.29) is 6.54 Å². The van der Waals surface area contributed by atoms with E-state index in [4.69, 9.17) is 16.3 Å². The minimum absolute atomic E-state index is 0.187. The van der Waals surface area contributed by atoms with Gasteiger partial charge in [-0.1, -0.05) is 11.6 Å². The largest absolute Gasteiger partial charge is 0.444 e. The molecule has 1 heterocycles. The summed E-state index contributed by atoms with van der Waals surface area (Å²) in [7, 11) is 0. The number of ether oxygens (including phenoxy) is 1. The maximum Gasteiger partial charge on any atom is 0.408 e. The minimum Gasteiger partial charge on any atom is -0.444 e. The van der Waals surface area contributed by atoms with Crippen LogP contribution >= 0.6 is 11.6 Å². The number of nitrogens with zero attached hydrogens (tertiary/aromatic N) is 1. The Morgan fingerprint density at radius 3 is 2.34 bits per heavy atom. The van der Waals surface area contributed by atoms with Gasteiger partial charge in [-0.15, -0.1) is 0 Å². The van der Waals surface area contributed by atoms with Gasteiger partial charge < -0.3 is 25.6 Å². The number of amides is 4. The zero-order valence-electron chi connectivity index (χ0n) is 16.5. The normalized spacial score (nSPS) is 19.1. The van der Waals surface area contributed by atoms with Crippen molar-refractivity contribution < 1.29 is 23.9 Å². The molecule has 1 aromatic carbocycles. The zero-order valence-corrected chi connectivity index (χ0v) is 17.3. The first-order valence-electron chi connectivity index (χ1n) is 9.13. The van der Waals surface area contributed by atoms with Crippen LogP contribution in [0.3, 0.4) is 0 Å². The number of likely N-dealkylation sites (tertiary alicyclic amines) is 1. The molecular formula is C19H25ClN4O5. The standard InChI is InChI=1S/C19H25ClN4O5/c1-19(2,3)29-18(28)23-15-10-24(11-25)9-8-14(15)22-17(27)16(26)21-13-6-4-12(20)5-7-13/h4-7,11,14-15H,8-10H2,1-3H3,(H,21,26)(H,22,27)(H,23,28)/t14-,15+/m0/s1. The third-order valence-electron chi connectivity index (χ3n) is 4.12. The average Bonchev–Trinajstić information content (AvgIpc) is 2.63. The van der Waals surface area contributed by atoms with Crippen molar-refractivity contribution in [2.45, 2.75) is 44.9 Å². The number of anilines is 1. The summed E-state index contributed by atoms with van der Waals surface area (Å²) in [5.41, 5.74) is -0.269. The van der Waals surface area contributed by atoms with Gasteiger partial charge in [0.15, 0.2) is 0 Å². The van der Waals surface area contributed by atoms with Crippen molar-refractivity contribution in [3.8, 4) is 0 Å². The lowest BCUT2D eigenvalue weighted by Crippen LogP contribution is -2.61. The molecule has 29 heavy (non-hydrogen) atoms. The number of carbonyl (C=O) groups excluding carboxylic acids is 4. The Hall–Kier alpha value is -2.81. The predicted molar refractivity (Wildman–Crippen MR) is 107 cm³/mol. The van der Waals surface area contributed by atoms with Crippen molar-refractivity contribution in [1.29, 1.82) is 0 Å². The third kappa shape index (κ3) is 7.26. The van der Waals surface area contributed by atoms with Crippen LogP contribution in [0.15, 0.2) is 24.3 Å². The summed E-state index contributed by atoms with van der Waals surface area (Å²) >= 11 is 5.80. The molecule has 0 aromatic heterocycles. The molecule has 10 heteroatoms. The van der Waals surface area contributed by atoms with Crippen LogP contribution in [0.1, 0.15) is 27.2 Å². The highest BCUT2D eigenvalue weighted by Gasteiger charge is 2.33. The van der Waals surface area contributed by atoms with Gasteiger partial charge in [0.2, 0.25) is 6.41 Å². The van der Waals surface area contributed by atoms with Crippen molar-refractivity contribution in [2.75, 3.05) is 18.4 Å². The summed E-state index contributed by atoms with van der Waals surface area (Å²) in [6.45, 7) is 5.76. The second kappa shape index (κ2) is 9.60. The van der Waals surface area contributed by atoms with Crippen LogP contribution in [0.5, 0.6) is 0 Å². The van der Waals surface area contributed by atoms with E-state index < -0.39 is 35.6 Å². The lowest BCUT2D eigenvalue weighted by atomic mass is 9.99. The number of carbonyl (C=O) groups is 4. The first-order valence-corrected chi connectivity index (χ1v) is 9.51. The molecule has 1 aromatic rings. The molecule has 1 fully saturated rings. The van der Waals surface area contributed by atoms with Gasteiger partial charge in [0, 0.05) is 23.8 Å². The van der Waals surface area contributed by atoms with E-state index in [1.165, 1.54) is 4.90 Å². The van der Waals surface area contributed by atoms with Gasteiger partial charge in [-0.3, -0.25) is 14.4 Å². The van der Waals surface area contributed by atoms with Crippen molar-refractivity contribution in [2.24, 2.45) is 0 Å². The van der Waals surface area contributed by atoms with Gasteiger partial charge in [0.1, 0.15) is 5.60 Å². The second-order valence-electron chi connectivity index (χ2n) is 7.68. The summed E-state index contributed by atoms with van der Waals surface area (Å²) in [4.78, 5) is 49.2. The number of rotatable bonds is 4. The lowest BCUT2D eigenvalue weighted by molar-refractivity contribution is -0.137. The van der Waals surface area contributed by atoms with E-state index in [0.29, 0.717) is 30.1 Å². The Labute approximate surface area is 174 Å². The smallest absolute Gasteiger partial charge is 0.408 e. The second-order valence-corrected chi connectivity index (χ2v) is 8.12. The average molecular weight is 425 g/mol. The van der Waals surface area contributed by atoms with Gasteiger partial charge in [-0.05, 0) is 51.5 Å². The highest BCUT2D eigenvalue weighted by atomic mass is 35.5. The SMILES string of the molecule is CC(C)(C)OC(=O)N[C@@H]1CN(C=O)CC[C@@H]1NC(=O)C(=O)Nc1ccc(Cl)cc1. The highest BCUT2D eigenvalue weighted by molar-refractivity contribution is 6.39. The number of hydrogen-bond donors (Lipinski definition) is 3. The maximum absolute atomic E-state index is 12.3. The molecule has 0 saturated carbocycles. The fraction of sp³-hybridized carbons (Fsp3) is 0.474. The number of halogens is 1. The minimum atomic E-state index is -0.847. The first-order chi connectivity index (χ1) is 13.6. The van der Waals surface area contributed by atoms with Gasteiger partial charge >= 0.3 is 17.9 Å². The van der Waals surface area contributed by atoms with E-state index >= 15 is 0 Å². The van der Waals surface area contributed by atoms with Crippen LogP contribution in [-0.2, 0) is 19.1 Å². The van der Waals surface area contributed by atoms with Crippen LogP contribution in [0.4, 0.5) is 10.5 Å². The monoisotopic (exact) mass is 424 g/mol. The summed E-state index contributed by atoms with van der Waals surface area (Å²) in [6, 6.07) is 5.18. The Bertz CT molecular complexity index is 763. The topological polar surface area (TPSA) is 117 Å². The van der Waals surface area contributed by atoms with Gasteiger partial charge in [0.05, 0.1) is 12.1 Å². The molecule has 0 bridgehead atoms. The molecule has 1 saturated heterocycles. The molecule has 158 valence electrons. The van der Waals surface area contributed by atoms with E-state index in [2.05, 4.69) is 16.0 Å². The van der Waals surface area contributed by atoms with Gasteiger partial charge in [-0.25, -0.2) is 4.79 Å². The molecule has 2 rings (SSSR count). The first kappa shape index (κ1) is 22.5. The molecule has 0 radical (unpaired) electrons. The number of alkyl carbamates (subject to hydrolysis) is 1. The summed E-state index contributed by atoms with van der Waals surface area (Å²) in [6.07, 6.45) is 0.383. The van der Waals surface area contributed by atoms with Crippen LogP contribution in [-0.4, -0.2) is 60.0 Å². The van der Waals surface area contributed by atoms with Crippen molar-refractivity contribution in [3.63, 3.8) is 0 Å². The molecular weight excluding hydrogens is 400 g/mol. The number of piperidine rings is 1. The molecule has 9 nitrogen and oxygen atoms in total. The Balaban J connectivity index is 1.99. The molecule has 1 aliphatic rings. The molecule has 1 aliphatic heterocycles. The molecule has 0 spiro atoms. The Morgan fingerprint density at radius 2 is 1.76 bits per heavy atom. The van der Waals surface area contributed by atoms with E-state index in [1.807, 2.05) is 0 Å². The van der Waals surface area contributed by atoms with Crippen LogP contribution < -0.4 is 16.0 Å². The summed E-state index contributed by atoms with van der Waals surface area (Å²) in [5, 5.41) is 8.27. The molecule has 4 amide bonds. The maximum atomic E-state index is 12.3. The van der Waals surface area contributed by atoms with Gasteiger partial charge in [0.25, 0.3) is 0 Å². The fourth-order valence-corrected chi connectivity index (χ4v) is 2.93. The van der Waals surface area contributed by atoms with Crippen LogP contribution in [0.2, 0.25) is 5.02 Å². The van der Waals surface area contributed by atoms with Crippen molar-refractivity contribution >= 4 is 41.6 Å². The van der Waals surface area contributed by atoms with Crippen molar-refractivity contribution in [3.05, 3.63) is 29.3 Å². The lowest BCUT2D eigenvalue weighted by Gasteiger charge is -2.37. The van der Waals surface area contributed by atoms with E-state index in [1.54, 1.807) is 45.0 Å². The van der Waals surface area contributed by atoms with Gasteiger partial charge in [-0.2, -0.15) is 0 Å². The molecule has 2 atom stereocenters. The zero-order chi connectivity index (χ0) is 21.6. The molecule has 3 N–H and O–H groups in total.